The van der Waals surface area contributed by atoms with Crippen LogP contribution in [-0.4, -0.2) is 30.1 Å². The summed E-state index contributed by atoms with van der Waals surface area (Å²) in [5.74, 6) is 0. The van der Waals surface area contributed by atoms with Crippen molar-refractivity contribution in [3.63, 3.8) is 0 Å². The third-order valence-corrected chi connectivity index (χ3v) is 5.82. The highest BCUT2D eigenvalue weighted by Gasteiger charge is 2.15. The smallest absolute Gasteiger partial charge is 0.116 e. The van der Waals surface area contributed by atoms with Gasteiger partial charge in [0.1, 0.15) is 5.69 Å². The molecule has 0 spiro atoms. The van der Waals surface area contributed by atoms with Gasteiger partial charge in [0, 0.05) is 40.5 Å². The number of nitrogens with zero attached hydrogens (tertiary/aromatic N) is 4. The van der Waals surface area contributed by atoms with Gasteiger partial charge in [0.05, 0.1) is 40.5 Å². The van der Waals surface area contributed by atoms with Crippen molar-refractivity contribution in [1.82, 2.24) is 30.1 Å². The molecule has 6 heterocycles. The van der Waals surface area contributed by atoms with Crippen LogP contribution in [0.15, 0.2) is 66.0 Å². The molecular weight excluding hydrogens is 394 g/mol. The lowest BCUT2D eigenvalue weighted by Gasteiger charge is -2.02. The van der Waals surface area contributed by atoms with E-state index < -0.39 is 0 Å². The number of aromatic amines is 2. The Bertz CT molecular complexity index is 1510. The van der Waals surface area contributed by atoms with Crippen LogP contribution in [0.1, 0.15) is 0 Å². The first-order valence-electron chi connectivity index (χ1n) is 9.31. The van der Waals surface area contributed by atoms with Gasteiger partial charge in [-0.2, -0.15) is 16.4 Å². The second kappa shape index (κ2) is 6.50. The number of hydrogen-bond acceptors (Lipinski definition) is 6. The van der Waals surface area contributed by atoms with Crippen LogP contribution >= 0.6 is 11.3 Å². The Morgan fingerprint density at radius 1 is 0.867 bits per heavy atom. The van der Waals surface area contributed by atoms with E-state index in [1.54, 1.807) is 29.9 Å². The van der Waals surface area contributed by atoms with E-state index in [1.807, 2.05) is 24.5 Å². The number of rotatable bonds is 3. The van der Waals surface area contributed by atoms with Crippen molar-refractivity contribution >= 4 is 38.8 Å². The van der Waals surface area contributed by atoms with E-state index in [0.717, 1.165) is 55.6 Å². The van der Waals surface area contributed by atoms with Crippen LogP contribution in [0.3, 0.4) is 0 Å². The zero-order valence-electron chi connectivity index (χ0n) is 15.6. The summed E-state index contributed by atoms with van der Waals surface area (Å²) in [5.41, 5.74) is 14.0. The molecule has 0 saturated carbocycles. The SMILES string of the molecule is Nc1cncc(-c2cc3c(-c4cc5c(-c6ccsc6)cncc5[nH]4)n[nH]c3cn2)c1. The van der Waals surface area contributed by atoms with E-state index in [2.05, 4.69) is 53.0 Å². The van der Waals surface area contributed by atoms with Crippen molar-refractivity contribution in [1.29, 1.82) is 0 Å². The maximum Gasteiger partial charge on any atom is 0.116 e. The molecule has 0 unspecified atom stereocenters. The fourth-order valence-corrected chi connectivity index (χ4v) is 4.36. The average molecular weight is 409 g/mol. The molecule has 0 bridgehead atoms. The van der Waals surface area contributed by atoms with E-state index in [9.17, 15) is 0 Å². The molecule has 0 fully saturated rings. The van der Waals surface area contributed by atoms with E-state index >= 15 is 0 Å². The van der Waals surface area contributed by atoms with Gasteiger partial charge in [0.15, 0.2) is 0 Å². The molecular formula is C22H15N7S. The van der Waals surface area contributed by atoms with Gasteiger partial charge in [-0.25, -0.2) is 0 Å². The normalized spacial score (nSPS) is 11.5. The number of fused-ring (bicyclic) bond motifs is 2. The molecule has 0 aliphatic heterocycles. The number of pyridine rings is 3. The van der Waals surface area contributed by atoms with Gasteiger partial charge in [-0.3, -0.25) is 20.1 Å². The Morgan fingerprint density at radius 3 is 2.67 bits per heavy atom. The maximum absolute atomic E-state index is 5.89. The summed E-state index contributed by atoms with van der Waals surface area (Å²) in [6, 6.07) is 8.11. The monoisotopic (exact) mass is 409 g/mol. The molecule has 6 aromatic rings. The summed E-state index contributed by atoms with van der Waals surface area (Å²) in [4.78, 5) is 16.6. The molecule has 0 amide bonds. The van der Waals surface area contributed by atoms with E-state index in [0.29, 0.717) is 5.69 Å². The minimum atomic E-state index is 0.603. The predicted octanol–water partition coefficient (Wildman–Crippen LogP) is 4.87. The number of nitrogens with one attached hydrogen (secondary N) is 2. The number of hydrogen-bond donors (Lipinski definition) is 3. The molecule has 7 nitrogen and oxygen atoms in total. The van der Waals surface area contributed by atoms with Crippen molar-refractivity contribution in [2.45, 2.75) is 0 Å². The van der Waals surface area contributed by atoms with Gasteiger partial charge >= 0.3 is 0 Å². The van der Waals surface area contributed by atoms with Gasteiger partial charge in [0.2, 0.25) is 0 Å². The molecule has 0 saturated heterocycles. The second-order valence-electron chi connectivity index (χ2n) is 7.04. The molecule has 30 heavy (non-hydrogen) atoms. The summed E-state index contributed by atoms with van der Waals surface area (Å²) in [5, 5.41) is 13.9. The lowest BCUT2D eigenvalue weighted by molar-refractivity contribution is 1.11. The Kier molecular flexibility index (Phi) is 3.65. The second-order valence-corrected chi connectivity index (χ2v) is 7.82. The third-order valence-electron chi connectivity index (χ3n) is 5.14. The number of thiophene rings is 1. The van der Waals surface area contributed by atoms with Gasteiger partial charge in [-0.1, -0.05) is 0 Å². The molecule has 0 aliphatic rings. The number of aromatic nitrogens is 6. The average Bonchev–Trinajstić information content (AvgIpc) is 3.51. The van der Waals surface area contributed by atoms with E-state index in [4.69, 9.17) is 5.73 Å². The first-order chi connectivity index (χ1) is 14.8. The van der Waals surface area contributed by atoms with Crippen LogP contribution in [-0.2, 0) is 0 Å². The maximum atomic E-state index is 5.89. The Hall–Kier alpha value is -4.04. The summed E-state index contributed by atoms with van der Waals surface area (Å²) < 4.78 is 0. The lowest BCUT2D eigenvalue weighted by atomic mass is 10.1. The van der Waals surface area contributed by atoms with Crippen LogP contribution in [0.25, 0.3) is 55.6 Å². The first-order valence-corrected chi connectivity index (χ1v) is 10.3. The quantitative estimate of drug-likeness (QED) is 0.386. The van der Waals surface area contributed by atoms with Crippen LogP contribution in [0.5, 0.6) is 0 Å². The summed E-state index contributed by atoms with van der Waals surface area (Å²) in [7, 11) is 0. The highest BCUT2D eigenvalue weighted by Crippen LogP contribution is 2.34. The number of nitrogens with two attached hydrogens (primary N) is 1. The zero-order chi connectivity index (χ0) is 20.1. The van der Waals surface area contributed by atoms with E-state index in [-0.39, 0.29) is 0 Å². The minimum absolute atomic E-state index is 0.603. The molecule has 6 aromatic heterocycles. The van der Waals surface area contributed by atoms with Crippen LogP contribution < -0.4 is 5.73 Å². The zero-order valence-corrected chi connectivity index (χ0v) is 16.4. The number of anilines is 1. The largest absolute Gasteiger partial charge is 0.397 e. The standard InChI is InChI=1S/C22H15N7S/c23-14-3-13(6-24-7-14)18-5-16-21(10-26-18)28-29-22(16)19-4-15-17(12-1-2-30-11-12)8-25-9-20(15)27-19/h1-11,27H,23H2,(H,28,29). The van der Waals surface area contributed by atoms with Crippen molar-refractivity contribution in [3.8, 4) is 33.8 Å². The highest BCUT2D eigenvalue weighted by molar-refractivity contribution is 7.08. The van der Waals surface area contributed by atoms with Gasteiger partial charge < -0.3 is 10.7 Å². The van der Waals surface area contributed by atoms with Crippen molar-refractivity contribution < 1.29 is 0 Å². The number of H-pyrrole nitrogens is 2. The fraction of sp³-hybridized carbons (Fsp3) is 0. The highest BCUT2D eigenvalue weighted by atomic mass is 32.1. The molecule has 0 radical (unpaired) electrons. The van der Waals surface area contributed by atoms with E-state index in [1.165, 1.54) is 0 Å². The topological polar surface area (TPSA) is 109 Å². The first kappa shape index (κ1) is 16.9. The van der Waals surface area contributed by atoms with Crippen molar-refractivity contribution in [3.05, 3.63) is 66.0 Å². The summed E-state index contributed by atoms with van der Waals surface area (Å²) in [6.45, 7) is 0. The Balaban J connectivity index is 1.52. The molecule has 0 aromatic carbocycles. The molecule has 4 N–H and O–H groups in total. The van der Waals surface area contributed by atoms with Crippen molar-refractivity contribution in [2.75, 3.05) is 5.73 Å². The molecule has 8 heteroatoms. The fourth-order valence-electron chi connectivity index (χ4n) is 3.70. The molecule has 0 aliphatic carbocycles. The predicted molar refractivity (Wildman–Crippen MR) is 120 cm³/mol. The van der Waals surface area contributed by atoms with Gasteiger partial charge in [-0.15, -0.1) is 0 Å². The van der Waals surface area contributed by atoms with Crippen LogP contribution in [0, 0.1) is 0 Å². The number of nitrogen functional groups attached to an aromatic ring is 1. The van der Waals surface area contributed by atoms with Crippen LogP contribution in [0.4, 0.5) is 5.69 Å². The molecule has 6 rings (SSSR count). The Labute approximate surface area is 174 Å². The molecule has 144 valence electrons. The third kappa shape index (κ3) is 2.66. The lowest BCUT2D eigenvalue weighted by Crippen LogP contribution is -1.89. The van der Waals surface area contributed by atoms with Crippen molar-refractivity contribution in [2.24, 2.45) is 0 Å². The summed E-state index contributed by atoms with van der Waals surface area (Å²) >= 11 is 1.67. The van der Waals surface area contributed by atoms with Gasteiger partial charge in [-0.05, 0) is 40.6 Å². The minimum Gasteiger partial charge on any atom is -0.397 e. The Morgan fingerprint density at radius 2 is 1.80 bits per heavy atom. The van der Waals surface area contributed by atoms with Gasteiger partial charge in [0.25, 0.3) is 0 Å². The summed E-state index contributed by atoms with van der Waals surface area (Å²) in [6.07, 6.45) is 8.90. The van der Waals surface area contributed by atoms with Crippen LogP contribution in [0.2, 0.25) is 0 Å². The molecule has 0 atom stereocenters.